The minimum Gasteiger partial charge on any atom is -0.495 e. The van der Waals surface area contributed by atoms with Crippen LogP contribution in [0.1, 0.15) is 23.6 Å². The Morgan fingerprint density at radius 1 is 1.18 bits per heavy atom. The number of hydrogen-bond acceptors (Lipinski definition) is 6. The van der Waals surface area contributed by atoms with Gasteiger partial charge < -0.3 is 21.9 Å². The van der Waals surface area contributed by atoms with Crippen LogP contribution in [0.2, 0.25) is 0 Å². The zero-order valence-corrected chi connectivity index (χ0v) is 15.3. The molecule has 0 aliphatic heterocycles. The monoisotopic (exact) mass is 391 g/mol. The van der Waals surface area contributed by atoms with Crippen molar-refractivity contribution in [3.8, 4) is 5.75 Å². The predicted octanol–water partition coefficient (Wildman–Crippen LogP) is 3.30. The third-order valence-corrected chi connectivity index (χ3v) is 3.74. The highest BCUT2D eigenvalue weighted by atomic mass is 19.4. The Kier molecular flexibility index (Phi) is 5.97. The summed E-state index contributed by atoms with van der Waals surface area (Å²) in [6.45, 7) is 5.11. The van der Waals surface area contributed by atoms with E-state index in [-0.39, 0.29) is 28.6 Å². The first-order chi connectivity index (χ1) is 13.1. The molecule has 1 aromatic heterocycles. The molecule has 2 rings (SSSR count). The molecular formula is C19H20F3N5O. The normalized spacial score (nSPS) is 13.1. The lowest BCUT2D eigenvalue weighted by Crippen LogP contribution is -2.16. The maximum Gasteiger partial charge on any atom is 0.419 e. The van der Waals surface area contributed by atoms with Crippen molar-refractivity contribution in [2.24, 2.45) is 16.5 Å². The number of aliphatic imine (C=N–C) groups is 1. The van der Waals surface area contributed by atoms with Gasteiger partial charge in [0.1, 0.15) is 17.4 Å². The van der Waals surface area contributed by atoms with Crippen LogP contribution in [0.25, 0.3) is 5.57 Å². The van der Waals surface area contributed by atoms with Gasteiger partial charge in [-0.25, -0.2) is 9.98 Å². The number of halogens is 3. The molecular weight excluding hydrogens is 371 g/mol. The Bertz CT molecular complexity index is 943. The van der Waals surface area contributed by atoms with Gasteiger partial charge in [-0.3, -0.25) is 0 Å². The molecule has 9 heteroatoms. The molecule has 1 heterocycles. The summed E-state index contributed by atoms with van der Waals surface area (Å²) in [5.74, 6) is -0.245. The van der Waals surface area contributed by atoms with Gasteiger partial charge in [-0.05, 0) is 31.2 Å². The molecule has 0 spiro atoms. The van der Waals surface area contributed by atoms with Crippen molar-refractivity contribution in [2.75, 3.05) is 12.8 Å². The lowest BCUT2D eigenvalue weighted by atomic mass is 9.93. The zero-order valence-electron chi connectivity index (χ0n) is 15.3. The molecule has 1 aromatic carbocycles. The number of alkyl halides is 3. The van der Waals surface area contributed by atoms with Gasteiger partial charge >= 0.3 is 6.18 Å². The summed E-state index contributed by atoms with van der Waals surface area (Å²) in [6.07, 6.45) is -3.19. The SMILES string of the molecule is C=C(N)/N=C(\C(=C(\C)N)c1ccc(N)nc1)c1cccc(C(F)(F)F)c1OC. The van der Waals surface area contributed by atoms with Crippen LogP contribution in [0, 0.1) is 0 Å². The van der Waals surface area contributed by atoms with Crippen LogP contribution in [0.5, 0.6) is 5.75 Å². The highest BCUT2D eigenvalue weighted by Gasteiger charge is 2.36. The molecule has 0 unspecified atom stereocenters. The maximum atomic E-state index is 13.4. The lowest BCUT2D eigenvalue weighted by molar-refractivity contribution is -0.138. The van der Waals surface area contributed by atoms with E-state index in [9.17, 15) is 13.2 Å². The molecule has 0 bridgehead atoms. The number of para-hydroxylation sites is 1. The van der Waals surface area contributed by atoms with Gasteiger partial charge in [-0.1, -0.05) is 12.6 Å². The zero-order chi connectivity index (χ0) is 21.1. The van der Waals surface area contributed by atoms with E-state index in [2.05, 4.69) is 16.6 Å². The second-order valence-corrected chi connectivity index (χ2v) is 5.87. The molecule has 6 nitrogen and oxygen atoms in total. The number of ether oxygens (including phenoxy) is 1. The van der Waals surface area contributed by atoms with E-state index in [1.807, 2.05) is 0 Å². The summed E-state index contributed by atoms with van der Waals surface area (Å²) in [5.41, 5.74) is 17.6. The van der Waals surface area contributed by atoms with Crippen LogP contribution in [-0.2, 0) is 6.18 Å². The predicted molar refractivity (Wildman–Crippen MR) is 103 cm³/mol. The molecule has 0 fully saturated rings. The first-order valence-corrected chi connectivity index (χ1v) is 8.02. The fourth-order valence-corrected chi connectivity index (χ4v) is 2.67. The number of aromatic nitrogens is 1. The van der Waals surface area contributed by atoms with E-state index >= 15 is 0 Å². The molecule has 0 saturated heterocycles. The Hall–Kier alpha value is -3.49. The average Bonchev–Trinajstić information content (AvgIpc) is 2.60. The number of nitrogen functional groups attached to an aromatic ring is 1. The van der Waals surface area contributed by atoms with Crippen LogP contribution < -0.4 is 21.9 Å². The molecule has 0 aliphatic rings. The number of rotatable bonds is 5. The van der Waals surface area contributed by atoms with Crippen molar-refractivity contribution in [1.82, 2.24) is 4.98 Å². The number of benzene rings is 1. The molecule has 0 radical (unpaired) electrons. The molecule has 148 valence electrons. The third-order valence-electron chi connectivity index (χ3n) is 3.74. The minimum absolute atomic E-state index is 0.0561. The van der Waals surface area contributed by atoms with Crippen LogP contribution >= 0.6 is 0 Å². The summed E-state index contributed by atoms with van der Waals surface area (Å²) in [4.78, 5) is 8.16. The van der Waals surface area contributed by atoms with Gasteiger partial charge in [0, 0.05) is 28.6 Å². The van der Waals surface area contributed by atoms with E-state index in [4.69, 9.17) is 21.9 Å². The first-order valence-electron chi connectivity index (χ1n) is 8.02. The van der Waals surface area contributed by atoms with Gasteiger partial charge in [0.2, 0.25) is 0 Å². The van der Waals surface area contributed by atoms with Gasteiger partial charge in [-0.2, -0.15) is 13.2 Å². The summed E-state index contributed by atoms with van der Waals surface area (Å²) in [7, 11) is 1.15. The molecule has 0 amide bonds. The fraction of sp³-hybridized carbons (Fsp3) is 0.158. The van der Waals surface area contributed by atoms with E-state index in [0.717, 1.165) is 13.2 Å². The topological polar surface area (TPSA) is 113 Å². The summed E-state index contributed by atoms with van der Waals surface area (Å²) in [5, 5.41) is 0. The van der Waals surface area contributed by atoms with Crippen LogP contribution in [0.3, 0.4) is 0 Å². The number of methoxy groups -OCH3 is 1. The summed E-state index contributed by atoms with van der Waals surface area (Å²) >= 11 is 0. The van der Waals surface area contributed by atoms with Gasteiger partial charge in [0.25, 0.3) is 0 Å². The average molecular weight is 391 g/mol. The standard InChI is InChI=1S/C19H20F3N5O/c1-10(23)16(12-7-8-15(25)26-9-12)17(27-11(2)24)13-5-4-6-14(18(13)28-3)19(20,21)22/h4-9H,2,23-24H2,1,3H3,(H2,25,26)/b16-10-,27-17-. The van der Waals surface area contributed by atoms with E-state index in [0.29, 0.717) is 11.1 Å². The Morgan fingerprint density at radius 3 is 2.32 bits per heavy atom. The molecule has 0 saturated carbocycles. The molecule has 2 aromatic rings. The van der Waals surface area contributed by atoms with Gasteiger partial charge in [0.05, 0.1) is 18.4 Å². The van der Waals surface area contributed by atoms with Crippen molar-refractivity contribution in [3.63, 3.8) is 0 Å². The van der Waals surface area contributed by atoms with Crippen molar-refractivity contribution in [3.05, 3.63) is 71.3 Å². The van der Waals surface area contributed by atoms with Crippen LogP contribution in [0.4, 0.5) is 19.0 Å². The Balaban J connectivity index is 2.84. The van der Waals surface area contributed by atoms with Crippen molar-refractivity contribution >= 4 is 17.1 Å². The number of nitrogens with zero attached hydrogens (tertiary/aromatic N) is 2. The maximum absolute atomic E-state index is 13.4. The second-order valence-electron chi connectivity index (χ2n) is 5.87. The fourth-order valence-electron chi connectivity index (χ4n) is 2.67. The van der Waals surface area contributed by atoms with Crippen LogP contribution in [0.15, 0.2) is 59.6 Å². The number of hydrogen-bond donors (Lipinski definition) is 3. The molecule has 0 aliphatic carbocycles. The number of anilines is 1. The van der Waals surface area contributed by atoms with Crippen LogP contribution in [-0.4, -0.2) is 17.8 Å². The Labute approximate surface area is 160 Å². The molecule has 6 N–H and O–H groups in total. The van der Waals surface area contributed by atoms with E-state index in [1.54, 1.807) is 13.0 Å². The minimum atomic E-state index is -4.63. The highest BCUT2D eigenvalue weighted by Crippen LogP contribution is 2.40. The number of pyridine rings is 1. The Morgan fingerprint density at radius 2 is 1.86 bits per heavy atom. The number of allylic oxidation sites excluding steroid dienone is 2. The van der Waals surface area contributed by atoms with Crippen molar-refractivity contribution in [1.29, 1.82) is 0 Å². The molecule has 0 atom stereocenters. The van der Waals surface area contributed by atoms with Crippen molar-refractivity contribution in [2.45, 2.75) is 13.1 Å². The summed E-state index contributed by atoms with van der Waals surface area (Å²) in [6, 6.07) is 6.77. The first kappa shape index (κ1) is 20.8. The summed E-state index contributed by atoms with van der Waals surface area (Å²) < 4.78 is 45.4. The quantitative estimate of drug-likeness (QED) is 0.677. The third kappa shape index (κ3) is 4.43. The highest BCUT2D eigenvalue weighted by molar-refractivity contribution is 6.33. The van der Waals surface area contributed by atoms with E-state index < -0.39 is 17.5 Å². The molecule has 28 heavy (non-hydrogen) atoms. The second kappa shape index (κ2) is 8.03. The lowest BCUT2D eigenvalue weighted by Gasteiger charge is -2.19. The van der Waals surface area contributed by atoms with Gasteiger partial charge in [0.15, 0.2) is 0 Å². The van der Waals surface area contributed by atoms with Gasteiger partial charge in [-0.15, -0.1) is 0 Å². The largest absolute Gasteiger partial charge is 0.495 e. The van der Waals surface area contributed by atoms with E-state index in [1.165, 1.54) is 24.4 Å². The number of nitrogens with two attached hydrogens (primary N) is 3. The smallest absolute Gasteiger partial charge is 0.419 e. The van der Waals surface area contributed by atoms with Crippen molar-refractivity contribution < 1.29 is 17.9 Å².